The Balaban J connectivity index is 1.57. The highest BCUT2D eigenvalue weighted by molar-refractivity contribution is 7.88. The number of halogens is 1. The molecule has 2 aliphatic rings. The van der Waals surface area contributed by atoms with Crippen molar-refractivity contribution in [3.8, 4) is 5.75 Å². The highest BCUT2D eigenvalue weighted by atomic mass is 35.5. The first-order valence-electron chi connectivity index (χ1n) is 8.63. The maximum atomic E-state index is 12.3. The topological polar surface area (TPSA) is 84.9 Å². The smallest absolute Gasteiger partial charge is 0.251 e. The van der Waals surface area contributed by atoms with Crippen molar-refractivity contribution in [1.82, 2.24) is 9.62 Å². The van der Waals surface area contributed by atoms with Gasteiger partial charge < -0.3 is 14.8 Å². The molecule has 1 aromatic carbocycles. The van der Waals surface area contributed by atoms with Gasteiger partial charge in [0.25, 0.3) is 5.91 Å². The van der Waals surface area contributed by atoms with E-state index in [2.05, 4.69) is 5.32 Å². The Morgan fingerprint density at radius 2 is 2.04 bits per heavy atom. The van der Waals surface area contributed by atoms with E-state index in [-0.39, 0.29) is 18.1 Å². The number of carbonyl (C=O) groups excluding carboxylic acids is 1. The van der Waals surface area contributed by atoms with Gasteiger partial charge in [0.15, 0.2) is 0 Å². The van der Waals surface area contributed by atoms with Gasteiger partial charge in [0.1, 0.15) is 11.9 Å². The average Bonchev–Trinajstić information content (AvgIpc) is 3.09. The van der Waals surface area contributed by atoms with E-state index in [9.17, 15) is 13.2 Å². The molecule has 0 bridgehead atoms. The number of carbonyl (C=O) groups is 1. The number of nitrogens with one attached hydrogen (secondary N) is 1. The van der Waals surface area contributed by atoms with Crippen molar-refractivity contribution in [3.63, 3.8) is 0 Å². The van der Waals surface area contributed by atoms with E-state index in [1.807, 2.05) is 0 Å². The number of amides is 1. The lowest BCUT2D eigenvalue weighted by Gasteiger charge is -2.30. The first kappa shape index (κ1) is 19.4. The summed E-state index contributed by atoms with van der Waals surface area (Å²) in [7, 11) is -3.16. The lowest BCUT2D eigenvalue weighted by atomic mass is 10.1. The Morgan fingerprint density at radius 3 is 2.62 bits per heavy atom. The van der Waals surface area contributed by atoms with Crippen LogP contribution >= 0.6 is 11.6 Å². The van der Waals surface area contributed by atoms with Crippen LogP contribution < -0.4 is 10.1 Å². The Bertz CT molecular complexity index is 756. The number of ether oxygens (including phenoxy) is 2. The zero-order chi connectivity index (χ0) is 18.7. The minimum Gasteiger partial charge on any atom is -0.489 e. The van der Waals surface area contributed by atoms with Gasteiger partial charge in [-0.15, -0.1) is 0 Å². The van der Waals surface area contributed by atoms with Gasteiger partial charge in [-0.1, -0.05) is 11.6 Å². The molecule has 0 aliphatic carbocycles. The van der Waals surface area contributed by atoms with Gasteiger partial charge in [0, 0.05) is 25.3 Å². The molecule has 0 saturated carbocycles. The second-order valence-corrected chi connectivity index (χ2v) is 9.05. The zero-order valence-electron chi connectivity index (χ0n) is 14.6. The molecule has 26 heavy (non-hydrogen) atoms. The first-order chi connectivity index (χ1) is 12.3. The minimum absolute atomic E-state index is 0.0391. The number of sulfonamides is 1. The SMILES string of the molecule is CS(=O)(=O)N1CCC(Oc2ccc(C(=O)N[C@H]3CCOC3)cc2Cl)CC1. The van der Waals surface area contributed by atoms with Gasteiger partial charge in [-0.25, -0.2) is 12.7 Å². The summed E-state index contributed by atoms with van der Waals surface area (Å²) in [5.41, 5.74) is 0.473. The van der Waals surface area contributed by atoms with Gasteiger partial charge in [-0.05, 0) is 37.5 Å². The molecule has 3 rings (SSSR count). The first-order valence-corrected chi connectivity index (χ1v) is 10.9. The standard InChI is InChI=1S/C17H23ClN2O5S/c1-26(22,23)20-7-4-14(5-8-20)25-16-3-2-12(10-15(16)18)17(21)19-13-6-9-24-11-13/h2-3,10,13-14H,4-9,11H2,1H3,(H,19,21)/t13-/m0/s1. The predicted molar refractivity (Wildman–Crippen MR) is 98.2 cm³/mol. The molecule has 2 saturated heterocycles. The van der Waals surface area contributed by atoms with Crippen LogP contribution in [0.25, 0.3) is 0 Å². The highest BCUT2D eigenvalue weighted by Gasteiger charge is 2.26. The minimum atomic E-state index is -3.16. The molecule has 1 aromatic rings. The largest absolute Gasteiger partial charge is 0.489 e. The van der Waals surface area contributed by atoms with Crippen LogP contribution in [-0.2, 0) is 14.8 Å². The van der Waals surface area contributed by atoms with E-state index in [1.54, 1.807) is 18.2 Å². The summed E-state index contributed by atoms with van der Waals surface area (Å²) >= 11 is 6.27. The lowest BCUT2D eigenvalue weighted by Crippen LogP contribution is -2.41. The van der Waals surface area contributed by atoms with Crippen LogP contribution in [0.4, 0.5) is 0 Å². The molecule has 0 spiro atoms. The third-order valence-electron chi connectivity index (χ3n) is 4.62. The number of nitrogens with zero attached hydrogens (tertiary/aromatic N) is 1. The molecule has 7 nitrogen and oxygen atoms in total. The van der Waals surface area contributed by atoms with Crippen molar-refractivity contribution >= 4 is 27.5 Å². The fraction of sp³-hybridized carbons (Fsp3) is 0.588. The molecule has 1 amide bonds. The van der Waals surface area contributed by atoms with E-state index in [4.69, 9.17) is 21.1 Å². The van der Waals surface area contributed by atoms with Crippen LogP contribution in [0.1, 0.15) is 29.6 Å². The quantitative estimate of drug-likeness (QED) is 0.809. The molecule has 2 fully saturated rings. The van der Waals surface area contributed by atoms with Gasteiger partial charge in [-0.2, -0.15) is 0 Å². The number of rotatable bonds is 5. The highest BCUT2D eigenvalue weighted by Crippen LogP contribution is 2.29. The third kappa shape index (κ3) is 4.88. The van der Waals surface area contributed by atoms with Crippen LogP contribution in [0.3, 0.4) is 0 Å². The molecular weight excluding hydrogens is 380 g/mol. The van der Waals surface area contributed by atoms with Crippen LogP contribution in [0.5, 0.6) is 5.75 Å². The Morgan fingerprint density at radius 1 is 1.31 bits per heavy atom. The van der Waals surface area contributed by atoms with Crippen LogP contribution in [0, 0.1) is 0 Å². The summed E-state index contributed by atoms with van der Waals surface area (Å²) in [5.74, 6) is 0.320. The fourth-order valence-corrected chi connectivity index (χ4v) is 4.22. The summed E-state index contributed by atoms with van der Waals surface area (Å²) in [4.78, 5) is 12.3. The van der Waals surface area contributed by atoms with E-state index in [0.29, 0.717) is 55.5 Å². The van der Waals surface area contributed by atoms with Crippen molar-refractivity contribution in [3.05, 3.63) is 28.8 Å². The second-order valence-electron chi connectivity index (χ2n) is 6.66. The third-order valence-corrected chi connectivity index (χ3v) is 6.22. The molecular formula is C17H23ClN2O5S. The van der Waals surface area contributed by atoms with Gasteiger partial charge >= 0.3 is 0 Å². The summed E-state index contributed by atoms with van der Waals surface area (Å²) < 4.78 is 35.7. The summed E-state index contributed by atoms with van der Waals surface area (Å²) in [6.07, 6.45) is 3.14. The summed E-state index contributed by atoms with van der Waals surface area (Å²) in [6.45, 7) is 2.07. The Labute approximate surface area is 158 Å². The van der Waals surface area contributed by atoms with Gasteiger partial charge in [0.05, 0.1) is 23.9 Å². The summed E-state index contributed by atoms with van der Waals surface area (Å²) in [6, 6.07) is 4.99. The van der Waals surface area contributed by atoms with Gasteiger partial charge in [-0.3, -0.25) is 4.79 Å². The molecule has 1 N–H and O–H groups in total. The van der Waals surface area contributed by atoms with Crippen molar-refractivity contribution < 1.29 is 22.7 Å². The number of benzene rings is 1. The zero-order valence-corrected chi connectivity index (χ0v) is 16.2. The number of hydrogen-bond acceptors (Lipinski definition) is 5. The van der Waals surface area contributed by atoms with Crippen molar-refractivity contribution in [1.29, 1.82) is 0 Å². The number of piperidine rings is 1. The molecule has 9 heteroatoms. The Kier molecular flexibility index (Phi) is 6.06. The molecule has 2 heterocycles. The monoisotopic (exact) mass is 402 g/mol. The molecule has 1 atom stereocenters. The Hall–Kier alpha value is -1.35. The van der Waals surface area contributed by atoms with Crippen LogP contribution in [0.2, 0.25) is 5.02 Å². The summed E-state index contributed by atoms with van der Waals surface area (Å²) in [5, 5.41) is 3.28. The lowest BCUT2D eigenvalue weighted by molar-refractivity contribution is 0.0930. The normalized spacial score (nSPS) is 22.3. The predicted octanol–water partition coefficient (Wildman–Crippen LogP) is 1.66. The molecule has 144 valence electrons. The molecule has 0 unspecified atom stereocenters. The van der Waals surface area contributed by atoms with Crippen LogP contribution in [0.15, 0.2) is 18.2 Å². The van der Waals surface area contributed by atoms with Crippen molar-refractivity contribution in [2.45, 2.75) is 31.4 Å². The second kappa shape index (κ2) is 8.12. The van der Waals surface area contributed by atoms with E-state index in [1.165, 1.54) is 10.6 Å². The van der Waals surface area contributed by atoms with E-state index < -0.39 is 10.0 Å². The average molecular weight is 403 g/mol. The van der Waals surface area contributed by atoms with E-state index >= 15 is 0 Å². The van der Waals surface area contributed by atoms with Crippen molar-refractivity contribution in [2.24, 2.45) is 0 Å². The maximum absolute atomic E-state index is 12.3. The van der Waals surface area contributed by atoms with Crippen molar-refractivity contribution in [2.75, 3.05) is 32.6 Å². The van der Waals surface area contributed by atoms with Gasteiger partial charge in [0.2, 0.25) is 10.0 Å². The fourth-order valence-electron chi connectivity index (χ4n) is 3.12. The number of hydrogen-bond donors (Lipinski definition) is 1. The van der Waals surface area contributed by atoms with E-state index in [0.717, 1.165) is 6.42 Å². The molecule has 0 radical (unpaired) electrons. The molecule has 0 aromatic heterocycles. The van der Waals surface area contributed by atoms with Crippen LogP contribution in [-0.4, -0.2) is 63.3 Å². The molecule has 2 aliphatic heterocycles. The maximum Gasteiger partial charge on any atom is 0.251 e.